The van der Waals surface area contributed by atoms with Crippen molar-refractivity contribution in [3.63, 3.8) is 0 Å². The van der Waals surface area contributed by atoms with Crippen molar-refractivity contribution in [3.8, 4) is 0 Å². The fourth-order valence-corrected chi connectivity index (χ4v) is 5.65. The van der Waals surface area contributed by atoms with Gasteiger partial charge in [0.25, 0.3) is 5.91 Å². The van der Waals surface area contributed by atoms with Crippen molar-refractivity contribution >= 4 is 60.1 Å². The minimum atomic E-state index is -4.62. The molecule has 1 atom stereocenters. The number of benzene rings is 2. The topological polar surface area (TPSA) is 66.5 Å². The molecule has 0 bridgehead atoms. The molecule has 0 spiro atoms. The number of hydrogen-bond acceptors (Lipinski definition) is 3. The van der Waals surface area contributed by atoms with Gasteiger partial charge in [0.2, 0.25) is 10.0 Å². The van der Waals surface area contributed by atoms with E-state index in [9.17, 15) is 26.4 Å². The summed E-state index contributed by atoms with van der Waals surface area (Å²) in [6.07, 6.45) is -4.16. The summed E-state index contributed by atoms with van der Waals surface area (Å²) < 4.78 is 67.7. The number of piperidine rings is 1. The monoisotopic (exact) mass is 616 g/mol. The number of hydrogen-bond donors (Lipinski definition) is 1. The molecule has 5 nitrogen and oxygen atoms in total. The fourth-order valence-electron chi connectivity index (χ4n) is 3.21. The van der Waals surface area contributed by atoms with Gasteiger partial charge in [0.15, 0.2) is 0 Å². The van der Waals surface area contributed by atoms with Crippen LogP contribution in [0.25, 0.3) is 0 Å². The summed E-state index contributed by atoms with van der Waals surface area (Å²) in [5.74, 6) is -0.385. The maximum atomic E-state index is 13.3. The zero-order valence-electron chi connectivity index (χ0n) is 15.4. The molecule has 30 heavy (non-hydrogen) atoms. The lowest BCUT2D eigenvalue weighted by Crippen LogP contribution is -2.51. The first-order valence-corrected chi connectivity index (χ1v) is 12.3. The number of rotatable bonds is 4. The van der Waals surface area contributed by atoms with Crippen molar-refractivity contribution in [2.45, 2.75) is 36.4 Å². The molecule has 1 aliphatic heterocycles. The van der Waals surface area contributed by atoms with E-state index in [0.717, 1.165) is 8.04 Å². The minimum absolute atomic E-state index is 0.173. The first kappa shape index (κ1) is 23.5. The van der Waals surface area contributed by atoms with Gasteiger partial charge < -0.3 is 5.32 Å². The van der Waals surface area contributed by atoms with Crippen molar-refractivity contribution in [1.29, 1.82) is 0 Å². The molecule has 1 amide bonds. The molecule has 0 aliphatic carbocycles. The van der Waals surface area contributed by atoms with Crippen molar-refractivity contribution < 1.29 is 26.4 Å². The molecule has 11 heteroatoms. The van der Waals surface area contributed by atoms with Crippen LogP contribution < -0.4 is 5.32 Å². The number of nitrogens with one attached hydrogen (secondary N) is 1. The number of amides is 1. The highest BCUT2D eigenvalue weighted by Gasteiger charge is 2.49. The van der Waals surface area contributed by atoms with Gasteiger partial charge in [-0.25, -0.2) is 8.42 Å². The largest absolute Gasteiger partial charge is 0.405 e. The normalized spacial score (nSPS) is 18.2. The van der Waals surface area contributed by atoms with Gasteiger partial charge in [0, 0.05) is 25.8 Å². The molecule has 0 saturated carbocycles. The highest BCUT2D eigenvalue weighted by Crippen LogP contribution is 2.35. The Morgan fingerprint density at radius 1 is 1.13 bits per heavy atom. The van der Waals surface area contributed by atoms with Crippen molar-refractivity contribution in [1.82, 2.24) is 4.31 Å². The second-order valence-corrected chi connectivity index (χ2v) is 10.7. The van der Waals surface area contributed by atoms with Crippen LogP contribution in [0.4, 0.5) is 18.9 Å². The van der Waals surface area contributed by atoms with E-state index >= 15 is 0 Å². The van der Waals surface area contributed by atoms with Gasteiger partial charge in [-0.3, -0.25) is 4.79 Å². The van der Waals surface area contributed by atoms with Crippen LogP contribution in [0.5, 0.6) is 0 Å². The van der Waals surface area contributed by atoms with Gasteiger partial charge in [0.05, 0.1) is 4.90 Å². The van der Waals surface area contributed by atoms with E-state index in [-0.39, 0.29) is 23.8 Å². The van der Waals surface area contributed by atoms with E-state index in [1.807, 2.05) is 0 Å². The zero-order chi connectivity index (χ0) is 22.1. The molecule has 162 valence electrons. The number of anilines is 1. The van der Waals surface area contributed by atoms with E-state index in [1.54, 1.807) is 18.2 Å². The summed E-state index contributed by atoms with van der Waals surface area (Å²) in [7, 11) is -4.31. The predicted octanol–water partition coefficient (Wildman–Crippen LogP) is 5.41. The van der Waals surface area contributed by atoms with E-state index in [1.165, 1.54) is 24.3 Å². The van der Waals surface area contributed by atoms with Crippen LogP contribution in [0.15, 0.2) is 51.8 Å². The van der Waals surface area contributed by atoms with Gasteiger partial charge in [-0.2, -0.15) is 17.5 Å². The third kappa shape index (κ3) is 5.17. The summed E-state index contributed by atoms with van der Waals surface area (Å²) in [6, 6.07) is 8.18. The molecule has 2 aromatic rings. The Bertz CT molecular complexity index is 1050. The highest BCUT2D eigenvalue weighted by atomic mass is 127. The number of carbonyl (C=O) groups is 1. The minimum Gasteiger partial charge on any atom is -0.322 e. The molecular weight excluding hydrogens is 600 g/mol. The van der Waals surface area contributed by atoms with E-state index in [0.29, 0.717) is 28.4 Å². The summed E-state index contributed by atoms with van der Waals surface area (Å²) in [4.78, 5) is 12.1. The summed E-state index contributed by atoms with van der Waals surface area (Å²) in [5.41, 5.74) is 0.753. The first-order chi connectivity index (χ1) is 14.0. The Balaban J connectivity index is 1.78. The maximum absolute atomic E-state index is 13.3. The van der Waals surface area contributed by atoms with Crippen LogP contribution in [0.1, 0.15) is 29.6 Å². The smallest absolute Gasteiger partial charge is 0.322 e. The molecule has 1 fully saturated rings. The molecule has 3 rings (SSSR count). The van der Waals surface area contributed by atoms with Crippen LogP contribution in [0.3, 0.4) is 0 Å². The molecule has 1 saturated heterocycles. The molecule has 1 aliphatic rings. The zero-order valence-corrected chi connectivity index (χ0v) is 20.0. The van der Waals surface area contributed by atoms with Crippen molar-refractivity contribution in [2.24, 2.45) is 0 Å². The third-order valence-electron chi connectivity index (χ3n) is 4.73. The van der Waals surface area contributed by atoms with Crippen LogP contribution in [-0.2, 0) is 10.0 Å². The number of nitrogens with zero attached hydrogens (tertiary/aromatic N) is 1. The van der Waals surface area contributed by atoms with Crippen LogP contribution in [0.2, 0.25) is 0 Å². The highest BCUT2D eigenvalue weighted by molar-refractivity contribution is 14.1. The molecule has 0 radical (unpaired) electrons. The Kier molecular flexibility index (Phi) is 7.15. The second-order valence-electron chi connectivity index (χ2n) is 6.78. The number of sulfonamides is 1. The first-order valence-electron chi connectivity index (χ1n) is 8.95. The molecule has 0 unspecified atom stereocenters. The van der Waals surface area contributed by atoms with Gasteiger partial charge in [0.1, 0.15) is 6.04 Å². The van der Waals surface area contributed by atoms with Gasteiger partial charge in [-0.05, 0) is 93.8 Å². The molecule has 0 aromatic heterocycles. The molecule has 1 heterocycles. The lowest BCUT2D eigenvalue weighted by molar-refractivity contribution is -0.177. The number of halogens is 5. The summed E-state index contributed by atoms with van der Waals surface area (Å²) in [5, 5.41) is 2.65. The van der Waals surface area contributed by atoms with Crippen molar-refractivity contribution in [3.05, 3.63) is 56.1 Å². The SMILES string of the molecule is O=C(Nc1ccc(S(=O)(=O)N2CCCC[C@H]2C(F)(F)F)cc1)c1ccc(Br)c(I)c1. The third-order valence-corrected chi connectivity index (χ3v) is 8.98. The second kappa shape index (κ2) is 9.13. The molecule has 1 N–H and O–H groups in total. The number of carbonyl (C=O) groups excluding carboxylic acids is 1. The Hall–Kier alpha value is -1.18. The Morgan fingerprint density at radius 3 is 2.40 bits per heavy atom. The summed E-state index contributed by atoms with van der Waals surface area (Å²) in [6.45, 7) is -0.173. The van der Waals surface area contributed by atoms with Gasteiger partial charge >= 0.3 is 6.18 Å². The van der Waals surface area contributed by atoms with Crippen LogP contribution >= 0.6 is 38.5 Å². The maximum Gasteiger partial charge on any atom is 0.405 e. The average molecular weight is 617 g/mol. The number of alkyl halides is 3. The lowest BCUT2D eigenvalue weighted by atomic mass is 10.0. The van der Waals surface area contributed by atoms with E-state index < -0.39 is 22.2 Å². The lowest BCUT2D eigenvalue weighted by Gasteiger charge is -2.35. The Labute approximate surface area is 194 Å². The Morgan fingerprint density at radius 2 is 1.80 bits per heavy atom. The summed E-state index contributed by atoms with van der Waals surface area (Å²) >= 11 is 5.43. The van der Waals surface area contributed by atoms with E-state index in [4.69, 9.17) is 0 Å². The molecular formula is C19H17BrF3IN2O3S. The quantitative estimate of drug-likeness (QED) is 0.467. The van der Waals surface area contributed by atoms with Crippen LogP contribution in [-0.4, -0.2) is 37.4 Å². The van der Waals surface area contributed by atoms with Crippen LogP contribution in [0, 0.1) is 3.57 Å². The predicted molar refractivity (Wildman–Crippen MR) is 119 cm³/mol. The standard InChI is InChI=1S/C19H17BrF3IN2O3S/c20-15-9-4-12(11-16(15)24)18(27)25-13-5-7-14(8-6-13)30(28,29)26-10-2-1-3-17(26)19(21,22)23/h4-9,11,17H,1-3,10H2,(H,25,27)/t17-/m0/s1. The molecule has 2 aromatic carbocycles. The van der Waals surface area contributed by atoms with Crippen molar-refractivity contribution in [2.75, 3.05) is 11.9 Å². The van der Waals surface area contributed by atoms with Gasteiger partial charge in [-0.15, -0.1) is 0 Å². The average Bonchev–Trinajstić information content (AvgIpc) is 2.70. The van der Waals surface area contributed by atoms with E-state index in [2.05, 4.69) is 43.8 Å². The van der Waals surface area contributed by atoms with Gasteiger partial charge in [-0.1, -0.05) is 6.42 Å². The fraction of sp³-hybridized carbons (Fsp3) is 0.316.